The van der Waals surface area contributed by atoms with Crippen LogP contribution < -0.4 is 9.80 Å². The average Bonchev–Trinajstić information content (AvgIpc) is 2.93. The number of piperazine rings is 1. The molecule has 2 aliphatic rings. The second-order valence-electron chi connectivity index (χ2n) is 6.46. The van der Waals surface area contributed by atoms with E-state index in [4.69, 9.17) is 0 Å². The number of carbonyl (C=O) groups is 1. The highest BCUT2D eigenvalue weighted by Crippen LogP contribution is 2.23. The average molecular weight is 353 g/mol. The number of nitrogens with zero attached hydrogens (tertiary/aromatic N) is 5. The summed E-state index contributed by atoms with van der Waals surface area (Å²) >= 11 is 0. The van der Waals surface area contributed by atoms with E-state index < -0.39 is 9.84 Å². The third kappa shape index (κ3) is 3.61. The Labute approximate surface area is 142 Å². The SMILES string of the molecule is Cc1cc(N2CCN(C=O)CC2)nc(N(C)C2CCS(=O)(=O)C2)n1. The van der Waals surface area contributed by atoms with E-state index in [-0.39, 0.29) is 17.5 Å². The lowest BCUT2D eigenvalue weighted by Crippen LogP contribution is -2.46. The van der Waals surface area contributed by atoms with Crippen molar-refractivity contribution in [3.63, 3.8) is 0 Å². The number of anilines is 2. The van der Waals surface area contributed by atoms with E-state index in [1.165, 1.54) is 0 Å². The van der Waals surface area contributed by atoms with E-state index in [1.54, 1.807) is 4.90 Å². The van der Waals surface area contributed by atoms with E-state index in [2.05, 4.69) is 14.9 Å². The Kier molecular flexibility index (Phi) is 4.62. The van der Waals surface area contributed by atoms with E-state index in [1.807, 2.05) is 24.9 Å². The van der Waals surface area contributed by atoms with Crippen LogP contribution in [0.15, 0.2) is 6.07 Å². The Morgan fingerprint density at radius 1 is 1.25 bits per heavy atom. The van der Waals surface area contributed by atoms with Crippen molar-refractivity contribution >= 4 is 28.0 Å². The molecule has 1 aromatic heterocycles. The fraction of sp³-hybridized carbons (Fsp3) is 0.667. The molecule has 3 heterocycles. The molecule has 132 valence electrons. The summed E-state index contributed by atoms with van der Waals surface area (Å²) in [5.41, 5.74) is 0.848. The van der Waals surface area contributed by atoms with Gasteiger partial charge in [-0.25, -0.2) is 13.4 Å². The summed E-state index contributed by atoms with van der Waals surface area (Å²) < 4.78 is 23.4. The van der Waals surface area contributed by atoms with Gasteiger partial charge in [-0.05, 0) is 13.3 Å². The van der Waals surface area contributed by atoms with Crippen molar-refractivity contribution in [3.8, 4) is 0 Å². The largest absolute Gasteiger partial charge is 0.353 e. The van der Waals surface area contributed by atoms with Crippen molar-refractivity contribution in [1.82, 2.24) is 14.9 Å². The lowest BCUT2D eigenvalue weighted by molar-refractivity contribution is -0.118. The third-order valence-corrected chi connectivity index (χ3v) is 6.44. The Balaban J connectivity index is 1.78. The predicted molar refractivity (Wildman–Crippen MR) is 92.1 cm³/mol. The van der Waals surface area contributed by atoms with Crippen LogP contribution in [0.1, 0.15) is 12.1 Å². The molecular weight excluding hydrogens is 330 g/mol. The lowest BCUT2D eigenvalue weighted by Gasteiger charge is -2.34. The molecule has 0 aromatic carbocycles. The second kappa shape index (κ2) is 6.54. The molecule has 2 saturated heterocycles. The first-order valence-electron chi connectivity index (χ1n) is 8.11. The first kappa shape index (κ1) is 16.9. The maximum absolute atomic E-state index is 11.7. The summed E-state index contributed by atoms with van der Waals surface area (Å²) in [6, 6.07) is 1.86. The summed E-state index contributed by atoms with van der Waals surface area (Å²) in [5, 5.41) is 0. The maximum Gasteiger partial charge on any atom is 0.227 e. The standard InChI is InChI=1S/C15H23N5O3S/c1-12-9-14(20-6-4-19(11-21)5-7-20)17-15(16-12)18(2)13-3-8-24(22,23)10-13/h9,11,13H,3-8,10H2,1-2H3. The minimum absolute atomic E-state index is 0.0726. The second-order valence-corrected chi connectivity index (χ2v) is 8.69. The molecule has 3 rings (SSSR count). The van der Waals surface area contributed by atoms with Crippen LogP contribution in [0.5, 0.6) is 0 Å². The van der Waals surface area contributed by atoms with Gasteiger partial charge >= 0.3 is 0 Å². The highest BCUT2D eigenvalue weighted by molar-refractivity contribution is 7.91. The monoisotopic (exact) mass is 353 g/mol. The van der Waals surface area contributed by atoms with Gasteiger partial charge in [0.25, 0.3) is 0 Å². The van der Waals surface area contributed by atoms with Gasteiger partial charge in [0, 0.05) is 51.0 Å². The van der Waals surface area contributed by atoms with E-state index in [9.17, 15) is 13.2 Å². The highest BCUT2D eigenvalue weighted by atomic mass is 32.2. The van der Waals surface area contributed by atoms with E-state index in [0.717, 1.165) is 31.0 Å². The zero-order valence-corrected chi connectivity index (χ0v) is 14.9. The summed E-state index contributed by atoms with van der Waals surface area (Å²) in [6.07, 6.45) is 1.49. The zero-order valence-electron chi connectivity index (χ0n) is 14.1. The van der Waals surface area contributed by atoms with Crippen molar-refractivity contribution in [1.29, 1.82) is 0 Å². The molecule has 1 unspecified atom stereocenters. The molecule has 24 heavy (non-hydrogen) atoms. The van der Waals surface area contributed by atoms with Crippen molar-refractivity contribution < 1.29 is 13.2 Å². The number of hydrogen-bond acceptors (Lipinski definition) is 7. The van der Waals surface area contributed by atoms with E-state index in [0.29, 0.717) is 25.5 Å². The van der Waals surface area contributed by atoms with Gasteiger partial charge in [0.2, 0.25) is 12.4 Å². The Hall–Kier alpha value is -1.90. The molecule has 2 aliphatic heterocycles. The van der Waals surface area contributed by atoms with Crippen LogP contribution in [-0.4, -0.2) is 80.5 Å². The maximum atomic E-state index is 11.7. The lowest BCUT2D eigenvalue weighted by atomic mass is 10.2. The van der Waals surface area contributed by atoms with Gasteiger partial charge in [0.15, 0.2) is 9.84 Å². The van der Waals surface area contributed by atoms with Gasteiger partial charge in [-0.1, -0.05) is 0 Å². The third-order valence-electron chi connectivity index (χ3n) is 4.69. The number of sulfone groups is 1. The first-order valence-corrected chi connectivity index (χ1v) is 9.93. The zero-order chi connectivity index (χ0) is 17.3. The molecule has 0 saturated carbocycles. The summed E-state index contributed by atoms with van der Waals surface area (Å²) in [4.78, 5) is 25.7. The van der Waals surface area contributed by atoms with Crippen LogP contribution in [-0.2, 0) is 14.6 Å². The molecule has 1 aromatic rings. The van der Waals surface area contributed by atoms with Gasteiger partial charge < -0.3 is 14.7 Å². The van der Waals surface area contributed by atoms with Crippen LogP contribution in [0.4, 0.5) is 11.8 Å². The smallest absolute Gasteiger partial charge is 0.227 e. The van der Waals surface area contributed by atoms with Crippen molar-refractivity contribution in [2.45, 2.75) is 19.4 Å². The van der Waals surface area contributed by atoms with Gasteiger partial charge in [0.05, 0.1) is 11.5 Å². The molecule has 0 aliphatic carbocycles. The van der Waals surface area contributed by atoms with Crippen molar-refractivity contribution in [2.24, 2.45) is 0 Å². The van der Waals surface area contributed by atoms with Crippen LogP contribution in [0, 0.1) is 6.92 Å². The quantitative estimate of drug-likeness (QED) is 0.686. The summed E-state index contributed by atoms with van der Waals surface area (Å²) in [6.45, 7) is 4.74. The first-order chi connectivity index (χ1) is 11.4. The topological polar surface area (TPSA) is 86.7 Å². The normalized spacial score (nSPS) is 23.3. The minimum atomic E-state index is -2.94. The van der Waals surface area contributed by atoms with Crippen LogP contribution in [0.2, 0.25) is 0 Å². The number of rotatable bonds is 4. The van der Waals surface area contributed by atoms with Gasteiger partial charge in [-0.3, -0.25) is 4.79 Å². The molecule has 0 radical (unpaired) electrons. The molecular formula is C15H23N5O3S. The Morgan fingerprint density at radius 3 is 2.54 bits per heavy atom. The molecule has 2 fully saturated rings. The fourth-order valence-corrected chi connectivity index (χ4v) is 4.93. The summed E-state index contributed by atoms with van der Waals surface area (Å²) in [5.74, 6) is 1.78. The molecule has 1 amide bonds. The van der Waals surface area contributed by atoms with Crippen LogP contribution in [0.3, 0.4) is 0 Å². The molecule has 0 N–H and O–H groups in total. The predicted octanol–water partition coefficient (Wildman–Crippen LogP) is -0.313. The molecule has 1 atom stereocenters. The number of aromatic nitrogens is 2. The van der Waals surface area contributed by atoms with E-state index >= 15 is 0 Å². The number of carbonyl (C=O) groups excluding carboxylic acids is 1. The molecule has 0 bridgehead atoms. The summed E-state index contributed by atoms with van der Waals surface area (Å²) in [7, 11) is -1.09. The minimum Gasteiger partial charge on any atom is -0.353 e. The van der Waals surface area contributed by atoms with Crippen molar-refractivity contribution in [3.05, 3.63) is 11.8 Å². The molecule has 8 nitrogen and oxygen atoms in total. The Bertz CT molecular complexity index is 716. The van der Waals surface area contributed by atoms with Crippen molar-refractivity contribution in [2.75, 3.05) is 54.5 Å². The Morgan fingerprint density at radius 2 is 1.96 bits per heavy atom. The van der Waals surface area contributed by atoms with Gasteiger partial charge in [-0.15, -0.1) is 0 Å². The van der Waals surface area contributed by atoms with Crippen LogP contribution in [0.25, 0.3) is 0 Å². The van der Waals surface area contributed by atoms with Crippen LogP contribution >= 0.6 is 0 Å². The van der Waals surface area contributed by atoms with Gasteiger partial charge in [-0.2, -0.15) is 4.98 Å². The molecule has 0 spiro atoms. The molecule has 9 heteroatoms. The number of amides is 1. The fourth-order valence-electron chi connectivity index (χ4n) is 3.16. The highest BCUT2D eigenvalue weighted by Gasteiger charge is 2.32. The van der Waals surface area contributed by atoms with Gasteiger partial charge in [0.1, 0.15) is 5.82 Å². The number of hydrogen-bond donors (Lipinski definition) is 0. The number of aryl methyl sites for hydroxylation is 1.